The van der Waals surface area contributed by atoms with Crippen LogP contribution in [-0.2, 0) is 0 Å². The molecule has 0 bridgehead atoms. The summed E-state index contributed by atoms with van der Waals surface area (Å²) in [6.45, 7) is 1.22. The molecular formula is C17H22N2OS. The standard InChI is InChI=1S/C17H22N2OS/c20-12-4-13-21-14-11-19-17(15-5-2-1-3-6-15)16-7-9-18-10-8-16/h1-3,5-10,17,19-20H,4,11-14H2. The summed E-state index contributed by atoms with van der Waals surface area (Å²) in [7, 11) is 0. The summed E-state index contributed by atoms with van der Waals surface area (Å²) in [5, 5.41) is 12.4. The first-order valence-corrected chi connectivity index (χ1v) is 8.44. The number of thioether (sulfide) groups is 1. The van der Waals surface area contributed by atoms with Crippen LogP contribution in [0.15, 0.2) is 54.9 Å². The zero-order valence-electron chi connectivity index (χ0n) is 12.1. The maximum absolute atomic E-state index is 8.77. The first-order chi connectivity index (χ1) is 10.4. The molecule has 0 radical (unpaired) electrons. The van der Waals surface area contributed by atoms with E-state index in [0.29, 0.717) is 0 Å². The molecule has 2 N–H and O–H groups in total. The van der Waals surface area contributed by atoms with Gasteiger partial charge in [-0.05, 0) is 35.4 Å². The molecule has 0 fully saturated rings. The van der Waals surface area contributed by atoms with Crippen LogP contribution in [0.25, 0.3) is 0 Å². The molecule has 0 aliphatic rings. The predicted octanol–water partition coefficient (Wildman–Crippen LogP) is 2.88. The Labute approximate surface area is 130 Å². The third kappa shape index (κ3) is 5.50. The largest absolute Gasteiger partial charge is 0.396 e. The van der Waals surface area contributed by atoms with Crippen molar-refractivity contribution >= 4 is 11.8 Å². The Kier molecular flexibility index (Phi) is 7.29. The van der Waals surface area contributed by atoms with Crippen LogP contribution >= 0.6 is 11.8 Å². The van der Waals surface area contributed by atoms with E-state index in [0.717, 1.165) is 24.5 Å². The smallest absolute Gasteiger partial charge is 0.0578 e. The van der Waals surface area contributed by atoms with Crippen LogP contribution in [0.1, 0.15) is 23.6 Å². The number of hydrogen-bond acceptors (Lipinski definition) is 4. The molecular weight excluding hydrogens is 280 g/mol. The minimum Gasteiger partial charge on any atom is -0.396 e. The number of pyridine rings is 1. The number of hydrogen-bond donors (Lipinski definition) is 2. The summed E-state index contributed by atoms with van der Waals surface area (Å²) < 4.78 is 0. The van der Waals surface area contributed by atoms with E-state index < -0.39 is 0 Å². The Morgan fingerprint density at radius 1 is 1.00 bits per heavy atom. The number of nitrogens with one attached hydrogen (secondary N) is 1. The highest BCUT2D eigenvalue weighted by Crippen LogP contribution is 2.21. The van der Waals surface area contributed by atoms with Gasteiger partial charge in [0.15, 0.2) is 0 Å². The van der Waals surface area contributed by atoms with E-state index >= 15 is 0 Å². The highest BCUT2D eigenvalue weighted by Gasteiger charge is 2.12. The van der Waals surface area contributed by atoms with Crippen molar-refractivity contribution in [2.75, 3.05) is 24.7 Å². The van der Waals surface area contributed by atoms with Gasteiger partial charge < -0.3 is 10.4 Å². The Balaban J connectivity index is 1.94. The van der Waals surface area contributed by atoms with Gasteiger partial charge in [-0.25, -0.2) is 0 Å². The van der Waals surface area contributed by atoms with Crippen molar-refractivity contribution in [3.8, 4) is 0 Å². The summed E-state index contributed by atoms with van der Waals surface area (Å²) in [5.41, 5.74) is 2.50. The Hall–Kier alpha value is -1.36. The summed E-state index contributed by atoms with van der Waals surface area (Å²) in [4.78, 5) is 4.10. The van der Waals surface area contributed by atoms with Gasteiger partial charge in [-0.1, -0.05) is 30.3 Å². The van der Waals surface area contributed by atoms with E-state index in [-0.39, 0.29) is 12.6 Å². The second kappa shape index (κ2) is 9.55. The Morgan fingerprint density at radius 2 is 1.71 bits per heavy atom. The molecule has 2 aromatic rings. The molecule has 4 heteroatoms. The van der Waals surface area contributed by atoms with E-state index in [9.17, 15) is 0 Å². The molecule has 1 aromatic carbocycles. The fraction of sp³-hybridized carbons (Fsp3) is 0.353. The van der Waals surface area contributed by atoms with Crippen LogP contribution in [0.3, 0.4) is 0 Å². The van der Waals surface area contributed by atoms with Crippen molar-refractivity contribution in [3.05, 3.63) is 66.0 Å². The number of rotatable bonds is 9. The number of aliphatic hydroxyl groups excluding tert-OH is 1. The first-order valence-electron chi connectivity index (χ1n) is 7.28. The number of aliphatic hydroxyl groups is 1. The van der Waals surface area contributed by atoms with Crippen LogP contribution in [0.2, 0.25) is 0 Å². The first kappa shape index (κ1) is 16.0. The van der Waals surface area contributed by atoms with Crippen molar-refractivity contribution in [2.45, 2.75) is 12.5 Å². The van der Waals surface area contributed by atoms with Gasteiger partial charge in [0.05, 0.1) is 6.04 Å². The molecule has 1 aromatic heterocycles. The fourth-order valence-corrected chi connectivity index (χ4v) is 2.97. The normalized spacial score (nSPS) is 12.2. The van der Waals surface area contributed by atoms with Crippen molar-refractivity contribution in [3.63, 3.8) is 0 Å². The van der Waals surface area contributed by atoms with Gasteiger partial charge in [0.1, 0.15) is 0 Å². The molecule has 1 unspecified atom stereocenters. The average Bonchev–Trinajstić information content (AvgIpc) is 2.56. The molecule has 0 spiro atoms. The van der Waals surface area contributed by atoms with E-state index in [1.54, 1.807) is 0 Å². The lowest BCUT2D eigenvalue weighted by molar-refractivity contribution is 0.296. The summed E-state index contributed by atoms with van der Waals surface area (Å²) >= 11 is 1.88. The van der Waals surface area contributed by atoms with E-state index in [4.69, 9.17) is 5.11 Å². The van der Waals surface area contributed by atoms with Crippen LogP contribution in [-0.4, -0.2) is 34.7 Å². The highest BCUT2D eigenvalue weighted by atomic mass is 32.2. The second-order valence-electron chi connectivity index (χ2n) is 4.77. The molecule has 3 nitrogen and oxygen atoms in total. The van der Waals surface area contributed by atoms with E-state index in [1.807, 2.05) is 30.2 Å². The molecule has 21 heavy (non-hydrogen) atoms. The molecule has 0 aliphatic heterocycles. The second-order valence-corrected chi connectivity index (χ2v) is 5.99. The van der Waals surface area contributed by atoms with Crippen molar-refractivity contribution in [1.82, 2.24) is 10.3 Å². The number of aromatic nitrogens is 1. The molecule has 0 aliphatic carbocycles. The Morgan fingerprint density at radius 3 is 2.43 bits per heavy atom. The van der Waals surface area contributed by atoms with Crippen molar-refractivity contribution < 1.29 is 5.11 Å². The maximum Gasteiger partial charge on any atom is 0.0578 e. The van der Waals surface area contributed by atoms with Crippen LogP contribution in [0.5, 0.6) is 0 Å². The van der Waals surface area contributed by atoms with Crippen LogP contribution < -0.4 is 5.32 Å². The van der Waals surface area contributed by atoms with Crippen molar-refractivity contribution in [2.24, 2.45) is 0 Å². The molecule has 0 amide bonds. The lowest BCUT2D eigenvalue weighted by Gasteiger charge is -2.19. The predicted molar refractivity (Wildman–Crippen MR) is 89.6 cm³/mol. The SMILES string of the molecule is OCCCSCCNC(c1ccccc1)c1ccncc1. The van der Waals surface area contributed by atoms with Gasteiger partial charge in [0, 0.05) is 31.3 Å². The Bertz CT molecular complexity index is 453. The topological polar surface area (TPSA) is 45.1 Å². The summed E-state index contributed by atoms with van der Waals surface area (Å²) in [5.74, 6) is 2.07. The van der Waals surface area contributed by atoms with Gasteiger partial charge in [-0.3, -0.25) is 4.98 Å². The quantitative estimate of drug-likeness (QED) is 0.699. The lowest BCUT2D eigenvalue weighted by Crippen LogP contribution is -2.24. The highest BCUT2D eigenvalue weighted by molar-refractivity contribution is 7.99. The van der Waals surface area contributed by atoms with Gasteiger partial charge in [0.25, 0.3) is 0 Å². The van der Waals surface area contributed by atoms with E-state index in [1.165, 1.54) is 11.1 Å². The zero-order valence-corrected chi connectivity index (χ0v) is 12.9. The maximum atomic E-state index is 8.77. The van der Waals surface area contributed by atoms with Crippen LogP contribution in [0, 0.1) is 0 Å². The molecule has 1 heterocycles. The molecule has 1 atom stereocenters. The van der Waals surface area contributed by atoms with Gasteiger partial charge >= 0.3 is 0 Å². The average molecular weight is 302 g/mol. The van der Waals surface area contributed by atoms with Gasteiger partial charge in [-0.15, -0.1) is 0 Å². The fourth-order valence-electron chi connectivity index (χ4n) is 2.17. The lowest BCUT2D eigenvalue weighted by atomic mass is 10.00. The third-order valence-electron chi connectivity index (χ3n) is 3.21. The zero-order chi connectivity index (χ0) is 14.8. The minimum atomic E-state index is 0.202. The summed E-state index contributed by atoms with van der Waals surface area (Å²) in [6, 6.07) is 14.8. The molecule has 0 saturated heterocycles. The molecule has 0 saturated carbocycles. The minimum absolute atomic E-state index is 0.202. The molecule has 2 rings (SSSR count). The monoisotopic (exact) mass is 302 g/mol. The van der Waals surface area contributed by atoms with Crippen LogP contribution in [0.4, 0.5) is 0 Å². The molecule has 112 valence electrons. The van der Waals surface area contributed by atoms with Gasteiger partial charge in [-0.2, -0.15) is 11.8 Å². The number of nitrogens with zero attached hydrogens (tertiary/aromatic N) is 1. The third-order valence-corrected chi connectivity index (χ3v) is 4.28. The van der Waals surface area contributed by atoms with E-state index in [2.05, 4.69) is 46.7 Å². The van der Waals surface area contributed by atoms with Gasteiger partial charge in [0.2, 0.25) is 0 Å². The summed E-state index contributed by atoms with van der Waals surface area (Å²) in [6.07, 6.45) is 4.54. The number of benzene rings is 1. The van der Waals surface area contributed by atoms with Crippen molar-refractivity contribution in [1.29, 1.82) is 0 Å².